The van der Waals surface area contributed by atoms with Crippen LogP contribution in [0.5, 0.6) is 0 Å². The number of nitrogens with zero attached hydrogens (tertiary/aromatic N) is 2. The van der Waals surface area contributed by atoms with Crippen molar-refractivity contribution in [2.45, 2.75) is 19.9 Å². The third-order valence-corrected chi connectivity index (χ3v) is 3.57. The van der Waals surface area contributed by atoms with Gasteiger partial charge in [-0.15, -0.1) is 11.3 Å². The van der Waals surface area contributed by atoms with Gasteiger partial charge in [0.05, 0.1) is 6.04 Å². The highest BCUT2D eigenvalue weighted by molar-refractivity contribution is 7.10. The van der Waals surface area contributed by atoms with Crippen molar-refractivity contribution in [3.8, 4) is 0 Å². The fraction of sp³-hybridized carbons (Fsp3) is 0.364. The van der Waals surface area contributed by atoms with Gasteiger partial charge in [-0.05, 0) is 30.9 Å². The second kappa shape index (κ2) is 4.06. The molecular weight excluding hydrogens is 206 g/mol. The number of rotatable bonds is 3. The molecule has 0 unspecified atom stereocenters. The maximum Gasteiger partial charge on any atom is 0.148 e. The Morgan fingerprint density at radius 3 is 2.80 bits per heavy atom. The molecule has 0 radical (unpaired) electrons. The maximum absolute atomic E-state index is 4.30. The molecule has 0 amide bonds. The molecule has 2 aromatic heterocycles. The average Bonchev–Trinajstić information content (AvgIpc) is 2.75. The molecule has 80 valence electrons. The Kier molecular flexibility index (Phi) is 2.77. The lowest BCUT2D eigenvalue weighted by Crippen LogP contribution is -2.06. The van der Waals surface area contributed by atoms with E-state index in [0.29, 0.717) is 6.04 Å². The molecule has 3 nitrogen and oxygen atoms in total. The molecule has 2 aromatic rings. The van der Waals surface area contributed by atoms with Crippen LogP contribution in [0, 0.1) is 6.92 Å². The summed E-state index contributed by atoms with van der Waals surface area (Å²) in [4.78, 5) is 1.38. The van der Waals surface area contributed by atoms with E-state index in [9.17, 15) is 0 Å². The van der Waals surface area contributed by atoms with Crippen molar-refractivity contribution in [1.29, 1.82) is 0 Å². The van der Waals surface area contributed by atoms with E-state index in [1.807, 2.05) is 19.3 Å². The molecule has 15 heavy (non-hydrogen) atoms. The van der Waals surface area contributed by atoms with Gasteiger partial charge in [-0.1, -0.05) is 0 Å². The van der Waals surface area contributed by atoms with Crippen molar-refractivity contribution in [1.82, 2.24) is 9.78 Å². The van der Waals surface area contributed by atoms with Gasteiger partial charge < -0.3 is 5.32 Å². The van der Waals surface area contributed by atoms with Crippen molar-refractivity contribution in [3.63, 3.8) is 0 Å². The average molecular weight is 221 g/mol. The Morgan fingerprint density at radius 1 is 1.47 bits per heavy atom. The summed E-state index contributed by atoms with van der Waals surface area (Å²) >= 11 is 1.79. The molecule has 0 aromatic carbocycles. The van der Waals surface area contributed by atoms with Crippen LogP contribution in [-0.2, 0) is 7.05 Å². The van der Waals surface area contributed by atoms with Gasteiger partial charge in [0, 0.05) is 24.2 Å². The predicted octanol–water partition coefficient (Wildman–Crippen LogP) is 2.96. The van der Waals surface area contributed by atoms with Crippen molar-refractivity contribution < 1.29 is 0 Å². The van der Waals surface area contributed by atoms with E-state index in [1.165, 1.54) is 10.4 Å². The van der Waals surface area contributed by atoms with E-state index >= 15 is 0 Å². The van der Waals surface area contributed by atoms with E-state index in [2.05, 4.69) is 35.7 Å². The predicted molar refractivity (Wildman–Crippen MR) is 64.3 cm³/mol. The molecular formula is C11H15N3S. The Labute approximate surface area is 93.7 Å². The van der Waals surface area contributed by atoms with Gasteiger partial charge >= 0.3 is 0 Å². The van der Waals surface area contributed by atoms with Crippen LogP contribution in [0.4, 0.5) is 5.82 Å². The molecule has 2 rings (SSSR count). The molecule has 2 heterocycles. The van der Waals surface area contributed by atoms with E-state index in [-0.39, 0.29) is 0 Å². The zero-order valence-corrected chi connectivity index (χ0v) is 10.0. The van der Waals surface area contributed by atoms with E-state index in [1.54, 1.807) is 16.0 Å². The Bertz CT molecular complexity index is 444. The van der Waals surface area contributed by atoms with Crippen LogP contribution in [0.15, 0.2) is 23.7 Å². The van der Waals surface area contributed by atoms with Crippen molar-refractivity contribution in [2.75, 3.05) is 5.32 Å². The molecule has 1 atom stereocenters. The molecule has 0 aliphatic rings. The number of thiophene rings is 1. The van der Waals surface area contributed by atoms with Gasteiger partial charge in [0.1, 0.15) is 5.82 Å². The molecule has 0 saturated carbocycles. The molecule has 0 fully saturated rings. The first-order chi connectivity index (χ1) is 7.16. The lowest BCUT2D eigenvalue weighted by Gasteiger charge is -2.12. The van der Waals surface area contributed by atoms with E-state index in [4.69, 9.17) is 0 Å². The van der Waals surface area contributed by atoms with Crippen LogP contribution in [0.1, 0.15) is 23.4 Å². The van der Waals surface area contributed by atoms with Gasteiger partial charge in [0.2, 0.25) is 0 Å². The number of anilines is 1. The second-order valence-electron chi connectivity index (χ2n) is 3.71. The highest BCUT2D eigenvalue weighted by Crippen LogP contribution is 2.25. The largest absolute Gasteiger partial charge is 0.361 e. The summed E-state index contributed by atoms with van der Waals surface area (Å²) in [6, 6.07) is 4.45. The third kappa shape index (κ3) is 2.21. The molecule has 1 N–H and O–H groups in total. The van der Waals surface area contributed by atoms with Crippen LogP contribution < -0.4 is 5.32 Å². The van der Waals surface area contributed by atoms with Gasteiger partial charge in [0.15, 0.2) is 0 Å². The number of nitrogens with one attached hydrogen (secondary N) is 1. The van der Waals surface area contributed by atoms with Crippen LogP contribution in [-0.4, -0.2) is 9.78 Å². The fourth-order valence-electron chi connectivity index (χ4n) is 1.61. The number of aromatic nitrogens is 2. The molecule has 0 saturated heterocycles. The van der Waals surface area contributed by atoms with Crippen LogP contribution in [0.25, 0.3) is 0 Å². The zero-order valence-electron chi connectivity index (χ0n) is 9.19. The molecule has 0 aliphatic carbocycles. The van der Waals surface area contributed by atoms with Gasteiger partial charge in [-0.2, -0.15) is 5.10 Å². The monoisotopic (exact) mass is 221 g/mol. The van der Waals surface area contributed by atoms with Gasteiger partial charge in [-0.25, -0.2) is 0 Å². The Balaban J connectivity index is 2.10. The Hall–Kier alpha value is -1.29. The van der Waals surface area contributed by atoms with Crippen molar-refractivity contribution >= 4 is 17.2 Å². The summed E-state index contributed by atoms with van der Waals surface area (Å²) in [5.74, 6) is 0.929. The van der Waals surface area contributed by atoms with Crippen molar-refractivity contribution in [3.05, 3.63) is 34.2 Å². The molecule has 0 bridgehead atoms. The first-order valence-electron chi connectivity index (χ1n) is 4.97. The normalized spacial score (nSPS) is 12.7. The SMILES string of the molecule is Cc1ccsc1[C@@H](C)Nc1ccn(C)n1. The smallest absolute Gasteiger partial charge is 0.148 e. The quantitative estimate of drug-likeness (QED) is 0.863. The third-order valence-electron chi connectivity index (χ3n) is 2.37. The lowest BCUT2D eigenvalue weighted by atomic mass is 10.2. The molecule has 4 heteroatoms. The summed E-state index contributed by atoms with van der Waals surface area (Å²) in [5, 5.41) is 9.81. The van der Waals surface area contributed by atoms with Crippen LogP contribution >= 0.6 is 11.3 Å². The highest BCUT2D eigenvalue weighted by atomic mass is 32.1. The number of hydrogen-bond acceptors (Lipinski definition) is 3. The van der Waals surface area contributed by atoms with E-state index < -0.39 is 0 Å². The standard InChI is InChI=1S/C11H15N3S/c1-8-5-7-15-11(8)9(2)12-10-4-6-14(3)13-10/h4-7,9H,1-3H3,(H,12,13)/t9-/m1/s1. The summed E-state index contributed by atoms with van der Waals surface area (Å²) in [6.07, 6.45) is 1.94. The first-order valence-corrected chi connectivity index (χ1v) is 5.85. The summed E-state index contributed by atoms with van der Waals surface area (Å²) in [7, 11) is 1.92. The Morgan fingerprint density at radius 2 is 2.27 bits per heavy atom. The lowest BCUT2D eigenvalue weighted by molar-refractivity contribution is 0.761. The van der Waals surface area contributed by atoms with Crippen LogP contribution in [0.3, 0.4) is 0 Å². The highest BCUT2D eigenvalue weighted by Gasteiger charge is 2.10. The number of hydrogen-bond donors (Lipinski definition) is 1. The molecule has 0 aliphatic heterocycles. The minimum absolute atomic E-state index is 0.319. The van der Waals surface area contributed by atoms with Gasteiger partial charge in [-0.3, -0.25) is 4.68 Å². The minimum atomic E-state index is 0.319. The van der Waals surface area contributed by atoms with Crippen molar-refractivity contribution in [2.24, 2.45) is 7.05 Å². The summed E-state index contributed by atoms with van der Waals surface area (Å²) in [5.41, 5.74) is 1.34. The summed E-state index contributed by atoms with van der Waals surface area (Å²) < 4.78 is 1.80. The molecule has 0 spiro atoms. The number of aryl methyl sites for hydroxylation is 2. The minimum Gasteiger partial charge on any atom is -0.361 e. The van der Waals surface area contributed by atoms with Crippen LogP contribution in [0.2, 0.25) is 0 Å². The maximum atomic E-state index is 4.30. The van der Waals surface area contributed by atoms with E-state index in [0.717, 1.165) is 5.82 Å². The summed E-state index contributed by atoms with van der Waals surface area (Å²) in [6.45, 7) is 4.30. The first kappa shape index (κ1) is 10.2. The topological polar surface area (TPSA) is 29.9 Å². The fourth-order valence-corrected chi connectivity index (χ4v) is 2.54. The van der Waals surface area contributed by atoms with Gasteiger partial charge in [0.25, 0.3) is 0 Å². The second-order valence-corrected chi connectivity index (χ2v) is 4.66. The zero-order chi connectivity index (χ0) is 10.8.